The predicted octanol–water partition coefficient (Wildman–Crippen LogP) is 2.87. The SMILES string of the molecule is CC(C)n1c(Br)cnc1CNC1CCC1. The van der Waals surface area contributed by atoms with Crippen molar-refractivity contribution >= 4 is 15.9 Å². The molecule has 1 aromatic rings. The van der Waals surface area contributed by atoms with E-state index in [9.17, 15) is 0 Å². The van der Waals surface area contributed by atoms with Gasteiger partial charge in [0.25, 0.3) is 0 Å². The summed E-state index contributed by atoms with van der Waals surface area (Å²) in [4.78, 5) is 4.42. The monoisotopic (exact) mass is 271 g/mol. The summed E-state index contributed by atoms with van der Waals surface area (Å²) in [5, 5.41) is 3.54. The third-order valence-electron chi connectivity index (χ3n) is 3.00. The third-order valence-corrected chi connectivity index (χ3v) is 3.59. The van der Waals surface area contributed by atoms with Gasteiger partial charge in [0.05, 0.1) is 12.7 Å². The maximum absolute atomic E-state index is 4.42. The lowest BCUT2D eigenvalue weighted by Gasteiger charge is -2.26. The van der Waals surface area contributed by atoms with Crippen molar-refractivity contribution < 1.29 is 0 Å². The maximum Gasteiger partial charge on any atom is 0.123 e. The number of nitrogens with one attached hydrogen (secondary N) is 1. The van der Waals surface area contributed by atoms with Crippen LogP contribution in [0, 0.1) is 0 Å². The van der Waals surface area contributed by atoms with E-state index in [4.69, 9.17) is 0 Å². The van der Waals surface area contributed by atoms with Crippen molar-refractivity contribution in [2.45, 2.75) is 51.7 Å². The van der Waals surface area contributed by atoms with Gasteiger partial charge in [0.2, 0.25) is 0 Å². The van der Waals surface area contributed by atoms with E-state index in [2.05, 4.69) is 44.6 Å². The number of aromatic nitrogens is 2. The lowest BCUT2D eigenvalue weighted by Crippen LogP contribution is -2.35. The van der Waals surface area contributed by atoms with Gasteiger partial charge in [-0.15, -0.1) is 0 Å². The molecule has 84 valence electrons. The molecule has 0 aliphatic heterocycles. The summed E-state index contributed by atoms with van der Waals surface area (Å²) in [6.45, 7) is 5.24. The van der Waals surface area contributed by atoms with Gasteiger partial charge in [-0.2, -0.15) is 0 Å². The zero-order valence-electron chi connectivity index (χ0n) is 9.33. The summed E-state index contributed by atoms with van der Waals surface area (Å²) in [6.07, 6.45) is 5.91. The van der Waals surface area contributed by atoms with E-state index in [-0.39, 0.29) is 0 Å². The summed E-state index contributed by atoms with van der Waals surface area (Å²) in [7, 11) is 0. The Morgan fingerprint density at radius 2 is 2.33 bits per heavy atom. The van der Waals surface area contributed by atoms with Gasteiger partial charge in [0.1, 0.15) is 10.4 Å². The second-order valence-corrected chi connectivity index (χ2v) is 5.28. The van der Waals surface area contributed by atoms with Crippen molar-refractivity contribution in [3.63, 3.8) is 0 Å². The molecule has 0 radical (unpaired) electrons. The summed E-state index contributed by atoms with van der Waals surface area (Å²) in [5.74, 6) is 1.13. The van der Waals surface area contributed by atoms with Crippen molar-refractivity contribution in [3.8, 4) is 0 Å². The van der Waals surface area contributed by atoms with Crippen LogP contribution in [0.4, 0.5) is 0 Å². The highest BCUT2D eigenvalue weighted by Gasteiger charge is 2.18. The molecule has 4 heteroatoms. The van der Waals surface area contributed by atoms with Crippen LogP contribution < -0.4 is 5.32 Å². The van der Waals surface area contributed by atoms with Crippen LogP contribution in [0.15, 0.2) is 10.8 Å². The molecule has 1 heterocycles. The quantitative estimate of drug-likeness (QED) is 0.913. The Morgan fingerprint density at radius 1 is 1.60 bits per heavy atom. The van der Waals surface area contributed by atoms with E-state index in [0.29, 0.717) is 6.04 Å². The van der Waals surface area contributed by atoms with Crippen LogP contribution in [-0.2, 0) is 6.54 Å². The molecule has 1 aromatic heterocycles. The van der Waals surface area contributed by atoms with Gasteiger partial charge in [-0.05, 0) is 42.6 Å². The van der Waals surface area contributed by atoms with E-state index in [1.165, 1.54) is 19.3 Å². The number of halogens is 1. The molecule has 0 bridgehead atoms. The highest BCUT2D eigenvalue weighted by molar-refractivity contribution is 9.10. The first-order chi connectivity index (χ1) is 7.18. The van der Waals surface area contributed by atoms with Crippen LogP contribution in [0.1, 0.15) is 45.0 Å². The minimum Gasteiger partial charge on any atom is -0.319 e. The molecule has 3 nitrogen and oxygen atoms in total. The number of nitrogens with zero attached hydrogens (tertiary/aromatic N) is 2. The Labute approximate surface area is 99.4 Å². The first-order valence-corrected chi connectivity index (χ1v) is 6.42. The standard InChI is InChI=1S/C11H18BrN3/c1-8(2)15-10(12)6-14-11(15)7-13-9-4-3-5-9/h6,8-9,13H,3-5,7H2,1-2H3. The number of hydrogen-bond acceptors (Lipinski definition) is 2. The molecule has 0 spiro atoms. The largest absolute Gasteiger partial charge is 0.319 e. The minimum absolute atomic E-state index is 0.458. The average Bonchev–Trinajstić information content (AvgIpc) is 2.44. The lowest BCUT2D eigenvalue weighted by atomic mass is 9.93. The molecular formula is C11H18BrN3. The molecule has 1 fully saturated rings. The van der Waals surface area contributed by atoms with E-state index >= 15 is 0 Å². The van der Waals surface area contributed by atoms with Crippen molar-refractivity contribution in [2.75, 3.05) is 0 Å². The third kappa shape index (κ3) is 2.42. The molecule has 0 aromatic carbocycles. The van der Waals surface area contributed by atoms with Crippen LogP contribution in [0.3, 0.4) is 0 Å². The zero-order chi connectivity index (χ0) is 10.8. The summed E-state index contributed by atoms with van der Waals surface area (Å²) >= 11 is 3.53. The highest BCUT2D eigenvalue weighted by Crippen LogP contribution is 2.21. The van der Waals surface area contributed by atoms with E-state index < -0.39 is 0 Å². The van der Waals surface area contributed by atoms with E-state index in [0.717, 1.165) is 23.0 Å². The minimum atomic E-state index is 0.458. The normalized spacial score (nSPS) is 17.1. The van der Waals surface area contributed by atoms with Gasteiger partial charge in [-0.25, -0.2) is 4.98 Å². The molecule has 0 atom stereocenters. The first-order valence-electron chi connectivity index (χ1n) is 5.63. The van der Waals surface area contributed by atoms with Gasteiger partial charge >= 0.3 is 0 Å². The Morgan fingerprint density at radius 3 is 2.87 bits per heavy atom. The van der Waals surface area contributed by atoms with Crippen LogP contribution >= 0.6 is 15.9 Å². The molecular weight excluding hydrogens is 254 g/mol. The Balaban J connectivity index is 2.00. The zero-order valence-corrected chi connectivity index (χ0v) is 10.9. The second kappa shape index (κ2) is 4.66. The summed E-state index contributed by atoms with van der Waals surface area (Å²) in [5.41, 5.74) is 0. The van der Waals surface area contributed by atoms with Crippen molar-refractivity contribution in [2.24, 2.45) is 0 Å². The molecule has 1 aliphatic carbocycles. The molecule has 0 saturated heterocycles. The fourth-order valence-electron chi connectivity index (χ4n) is 1.90. The Kier molecular flexibility index (Phi) is 3.46. The van der Waals surface area contributed by atoms with Crippen molar-refractivity contribution in [3.05, 3.63) is 16.6 Å². The molecule has 1 N–H and O–H groups in total. The smallest absolute Gasteiger partial charge is 0.123 e. The van der Waals surface area contributed by atoms with E-state index in [1.54, 1.807) is 0 Å². The van der Waals surface area contributed by atoms with Crippen LogP contribution in [0.25, 0.3) is 0 Å². The van der Waals surface area contributed by atoms with Gasteiger partial charge < -0.3 is 9.88 Å². The predicted molar refractivity (Wildman–Crippen MR) is 64.8 cm³/mol. The number of hydrogen-bond donors (Lipinski definition) is 1. The molecule has 0 unspecified atom stereocenters. The molecule has 1 aliphatic rings. The molecule has 0 amide bonds. The Bertz CT molecular complexity index is 329. The topological polar surface area (TPSA) is 29.9 Å². The fraction of sp³-hybridized carbons (Fsp3) is 0.727. The van der Waals surface area contributed by atoms with Gasteiger partial charge in [-0.3, -0.25) is 0 Å². The molecule has 2 rings (SSSR count). The summed E-state index contributed by atoms with van der Waals surface area (Å²) in [6, 6.07) is 1.18. The van der Waals surface area contributed by atoms with Crippen LogP contribution in [0.5, 0.6) is 0 Å². The van der Waals surface area contributed by atoms with Gasteiger partial charge in [-0.1, -0.05) is 6.42 Å². The van der Waals surface area contributed by atoms with Crippen molar-refractivity contribution in [1.82, 2.24) is 14.9 Å². The van der Waals surface area contributed by atoms with Crippen molar-refractivity contribution in [1.29, 1.82) is 0 Å². The van der Waals surface area contributed by atoms with E-state index in [1.807, 2.05) is 6.20 Å². The van der Waals surface area contributed by atoms with Gasteiger partial charge in [0.15, 0.2) is 0 Å². The van der Waals surface area contributed by atoms with Crippen LogP contribution in [0.2, 0.25) is 0 Å². The maximum atomic E-state index is 4.42. The van der Waals surface area contributed by atoms with Crippen LogP contribution in [-0.4, -0.2) is 15.6 Å². The molecule has 1 saturated carbocycles. The highest BCUT2D eigenvalue weighted by atomic mass is 79.9. The first kappa shape index (κ1) is 11.1. The lowest BCUT2D eigenvalue weighted by molar-refractivity contribution is 0.331. The number of imidazole rings is 1. The molecule has 15 heavy (non-hydrogen) atoms. The second-order valence-electron chi connectivity index (χ2n) is 4.47. The Hall–Kier alpha value is -0.350. The number of rotatable bonds is 4. The van der Waals surface area contributed by atoms with Gasteiger partial charge in [0, 0.05) is 12.1 Å². The average molecular weight is 272 g/mol. The fourth-order valence-corrected chi connectivity index (χ4v) is 2.62. The summed E-state index contributed by atoms with van der Waals surface area (Å²) < 4.78 is 3.30.